The van der Waals surface area contributed by atoms with E-state index < -0.39 is 12.6 Å². The van der Waals surface area contributed by atoms with Crippen molar-refractivity contribution in [1.82, 2.24) is 34.9 Å². The summed E-state index contributed by atoms with van der Waals surface area (Å²) in [6, 6.07) is 13.7. The lowest BCUT2D eigenvalue weighted by Gasteiger charge is -2.22. The van der Waals surface area contributed by atoms with Gasteiger partial charge >= 0.3 is 0 Å². The van der Waals surface area contributed by atoms with Gasteiger partial charge in [0.2, 0.25) is 34.4 Å². The van der Waals surface area contributed by atoms with Gasteiger partial charge in [-0.3, -0.25) is 4.98 Å². The highest BCUT2D eigenvalue weighted by molar-refractivity contribution is 9.10. The lowest BCUT2D eigenvalue weighted by molar-refractivity contribution is -0.263. The van der Waals surface area contributed by atoms with Crippen molar-refractivity contribution in [2.75, 3.05) is 48.5 Å². The molecule has 28 heteroatoms. The summed E-state index contributed by atoms with van der Waals surface area (Å²) < 4.78 is 44.4. The van der Waals surface area contributed by atoms with Crippen molar-refractivity contribution in [3.8, 4) is 11.3 Å². The predicted octanol–water partition coefficient (Wildman–Crippen LogP) is 8.26. The number of hydrogen-bond donors (Lipinski definition) is 7. The molecule has 0 spiro atoms. The zero-order valence-electron chi connectivity index (χ0n) is 37.9. The van der Waals surface area contributed by atoms with Crippen LogP contribution in [-0.4, -0.2) is 83.9 Å². The van der Waals surface area contributed by atoms with Crippen LogP contribution in [0, 0.1) is 19.7 Å². The number of nitrogens with zero attached hydrogens (tertiary/aromatic N) is 11. The second-order valence-corrected chi connectivity index (χ2v) is 14.1. The highest BCUT2D eigenvalue weighted by Gasteiger charge is 2.17. The van der Waals surface area contributed by atoms with E-state index in [1.807, 2.05) is 25.1 Å². The summed E-state index contributed by atoms with van der Waals surface area (Å²) in [5.41, 5.74) is 30.7. The number of ether oxygens (including phenoxy) is 3. The maximum absolute atomic E-state index is 8.57. The van der Waals surface area contributed by atoms with Crippen LogP contribution in [-0.2, 0) is 14.2 Å². The molecule has 0 radical (unpaired) electrons. The van der Waals surface area contributed by atoms with Gasteiger partial charge in [0.25, 0.3) is 5.69 Å². The maximum Gasteiger partial charge on any atom is 0.250 e. The minimum absolute atomic E-state index is 0.0567. The molecule has 27 nitrogen and oxygen atoms in total. The fourth-order valence-corrected chi connectivity index (χ4v) is 5.49. The molecule has 10 aromatic rings. The molecule has 73 heavy (non-hydrogen) atoms. The van der Waals surface area contributed by atoms with E-state index in [0.29, 0.717) is 74.6 Å². The monoisotopic (exact) mass is 1060 g/mol. The average Bonchev–Trinajstić information content (AvgIpc) is 4.28. The number of fused-ring (bicyclic) bond motifs is 3. The first-order valence-corrected chi connectivity index (χ1v) is 21.2. The summed E-state index contributed by atoms with van der Waals surface area (Å²) in [4.78, 5) is 40.4. The predicted molar refractivity (Wildman–Crippen MR) is 267 cm³/mol. The van der Waals surface area contributed by atoms with Gasteiger partial charge < -0.3 is 79.6 Å². The molecule has 12 N–H and O–H groups in total. The number of pyridine rings is 1. The van der Waals surface area contributed by atoms with Gasteiger partial charge in [-0.25, -0.2) is 44.4 Å². The Labute approximate surface area is 420 Å². The third kappa shape index (κ3) is 16.4. The molecule has 0 bridgehead atoms. The standard InChI is InChI=1S/C11H8N4O.C8H8N2O2.C6H4BrN3O.C6H5N3O.2C5H4N2O.C4H8O4/c12-10-8-4-9(7-2-1-3-13-5-7)16-11(8)15-6-14-10;1-3-11-6-10-8-7(9-2)4-5-12-8;7-4-1-3-5(8)9-2-10-6(3)11-4;7-5-4-1-2-10-6(4)9-3-8-5;2*1-7-4-2-3-8-5(4)6;5-3-1-7-4(6)2-8-3/h1-6H,(H2,12,14,15);4-6H,3H2,1H3;1-2H,(H2,8,9,10);1-3H,(H2,7,8,9);2*2-3H,6H2;3-6H,1-2H2. The van der Waals surface area contributed by atoms with Gasteiger partial charge in [0.15, 0.2) is 35.4 Å². The van der Waals surface area contributed by atoms with Gasteiger partial charge in [-0.05, 0) is 65.3 Å². The molecule has 0 aliphatic carbocycles. The van der Waals surface area contributed by atoms with E-state index in [9.17, 15) is 0 Å². The molecule has 1 saturated heterocycles. The van der Waals surface area contributed by atoms with Crippen molar-refractivity contribution in [2.45, 2.75) is 19.5 Å². The van der Waals surface area contributed by atoms with Crippen LogP contribution in [0.15, 0.2) is 141 Å². The smallest absolute Gasteiger partial charge is 0.250 e. The quantitative estimate of drug-likeness (QED) is 0.0495. The molecular formula is C45H41BrN16O11. The number of hydrogen-bond acceptors (Lipinski definition) is 24. The highest BCUT2D eigenvalue weighted by atomic mass is 79.9. The zero-order chi connectivity index (χ0) is 52.5. The number of aliphatic imine (C=N–C) groups is 1. The van der Waals surface area contributed by atoms with Crippen LogP contribution >= 0.6 is 15.9 Å². The average molecular weight is 1060 g/mol. The van der Waals surface area contributed by atoms with E-state index in [1.165, 1.54) is 62.6 Å². The van der Waals surface area contributed by atoms with Gasteiger partial charge in [0.05, 0.1) is 67.5 Å². The zero-order valence-corrected chi connectivity index (χ0v) is 39.5. The van der Waals surface area contributed by atoms with E-state index in [4.69, 9.17) is 81.0 Å². The number of nitrogen functional groups attached to an aromatic ring is 5. The van der Waals surface area contributed by atoms with Crippen molar-refractivity contribution in [1.29, 1.82) is 0 Å². The Morgan fingerprint density at radius 2 is 1.19 bits per heavy atom. The minimum atomic E-state index is -0.863. The van der Waals surface area contributed by atoms with Crippen LogP contribution in [0.2, 0.25) is 0 Å². The molecule has 10 aromatic heterocycles. The SMILES string of the molecule is Nc1ncnc2oc(-c3cccnc3)cc12.Nc1ncnc2oc(Br)cc12.Nc1ncnc2occc12.OC1COC(O)CO1.[C-]#[N+]c1ccoc1N.[C-]#[N+]c1ccoc1N.[C-]#[N+]c1ccoc1N=COCC. The number of anilines is 5. The lowest BCUT2D eigenvalue weighted by Crippen LogP contribution is -2.34. The van der Waals surface area contributed by atoms with Crippen molar-refractivity contribution in [3.63, 3.8) is 0 Å². The highest BCUT2D eigenvalue weighted by Crippen LogP contribution is 2.30. The molecule has 0 saturated carbocycles. The Morgan fingerprint density at radius 1 is 0.671 bits per heavy atom. The summed E-state index contributed by atoms with van der Waals surface area (Å²) in [6.45, 7) is 22.2. The number of aliphatic hydroxyl groups excluding tert-OH is 2. The van der Waals surface area contributed by atoms with Gasteiger partial charge in [-0.2, -0.15) is 4.99 Å². The van der Waals surface area contributed by atoms with E-state index in [-0.39, 0.29) is 25.0 Å². The van der Waals surface area contributed by atoms with E-state index in [0.717, 1.165) is 21.7 Å². The summed E-state index contributed by atoms with van der Waals surface area (Å²) in [5.74, 6) is 2.68. The van der Waals surface area contributed by atoms with Crippen molar-refractivity contribution in [2.24, 2.45) is 4.99 Å². The van der Waals surface area contributed by atoms with Gasteiger partial charge in [0, 0.05) is 24.0 Å². The number of furan rings is 6. The second kappa shape index (κ2) is 27.9. The molecule has 0 aromatic carbocycles. The lowest BCUT2D eigenvalue weighted by atomic mass is 10.2. The van der Waals surface area contributed by atoms with Crippen molar-refractivity contribution in [3.05, 3.63) is 144 Å². The largest absolute Gasteiger partial charge is 0.483 e. The topological polar surface area (TPSA) is 393 Å². The molecule has 2 atom stereocenters. The van der Waals surface area contributed by atoms with Gasteiger partial charge in [-0.15, -0.1) is 0 Å². The first kappa shape index (κ1) is 54.1. The molecule has 0 amide bonds. The number of aromatic nitrogens is 7. The molecule has 11 heterocycles. The molecule has 1 aliphatic rings. The first-order chi connectivity index (χ1) is 35.3. The molecule has 1 aliphatic heterocycles. The fraction of sp³-hybridized carbons (Fsp3) is 0.133. The first-order valence-electron chi connectivity index (χ1n) is 20.4. The summed E-state index contributed by atoms with van der Waals surface area (Å²) in [5, 5.41) is 19.4. The number of halogens is 1. The maximum atomic E-state index is 8.57. The van der Waals surface area contributed by atoms with Crippen LogP contribution in [0.1, 0.15) is 6.92 Å². The molecule has 2 unspecified atom stereocenters. The minimum Gasteiger partial charge on any atom is -0.483 e. The van der Waals surface area contributed by atoms with Gasteiger partial charge in [-0.1, -0.05) is 0 Å². The van der Waals surface area contributed by atoms with Crippen LogP contribution in [0.3, 0.4) is 0 Å². The van der Waals surface area contributed by atoms with Crippen LogP contribution in [0.4, 0.5) is 52.2 Å². The molecule has 1 fully saturated rings. The third-order valence-electron chi connectivity index (χ3n) is 8.54. The molecule has 11 rings (SSSR count). The number of aliphatic hydroxyl groups is 2. The Kier molecular flexibility index (Phi) is 20.7. The third-order valence-corrected chi connectivity index (χ3v) is 8.93. The summed E-state index contributed by atoms with van der Waals surface area (Å²) in [6.07, 6.45) is 12.8. The normalized spacial score (nSPS) is 13.2. The second-order valence-electron chi connectivity index (χ2n) is 13.3. The summed E-state index contributed by atoms with van der Waals surface area (Å²) >= 11 is 3.17. The van der Waals surface area contributed by atoms with E-state index >= 15 is 0 Å². The van der Waals surface area contributed by atoms with E-state index in [1.54, 1.807) is 30.6 Å². The fourth-order valence-electron chi connectivity index (χ4n) is 5.11. The Balaban J connectivity index is 0.000000160. The van der Waals surface area contributed by atoms with Crippen LogP contribution < -0.4 is 28.7 Å². The number of nitrogens with two attached hydrogens (primary N) is 5. The van der Waals surface area contributed by atoms with Crippen molar-refractivity contribution < 1.29 is 50.9 Å². The Bertz CT molecular complexity index is 3350. The molecular weight excluding hydrogens is 1020 g/mol. The van der Waals surface area contributed by atoms with E-state index in [2.05, 4.69) is 88.7 Å². The molecule has 374 valence electrons. The number of rotatable bonds is 4. The Hall–Kier alpha value is -9.89. The van der Waals surface area contributed by atoms with Crippen LogP contribution in [0.5, 0.6) is 0 Å². The summed E-state index contributed by atoms with van der Waals surface area (Å²) in [7, 11) is 0. The Morgan fingerprint density at radius 3 is 1.66 bits per heavy atom. The van der Waals surface area contributed by atoms with Gasteiger partial charge in [0.1, 0.15) is 55.4 Å². The van der Waals surface area contributed by atoms with Crippen molar-refractivity contribution >= 4 is 108 Å². The van der Waals surface area contributed by atoms with Crippen LogP contribution in [0.25, 0.3) is 59.2 Å².